The van der Waals surface area contributed by atoms with E-state index in [0.29, 0.717) is 11.4 Å². The van der Waals surface area contributed by atoms with Crippen molar-refractivity contribution in [3.63, 3.8) is 0 Å². The Morgan fingerprint density at radius 3 is 2.82 bits per heavy atom. The van der Waals surface area contributed by atoms with Gasteiger partial charge in [-0.05, 0) is 28.1 Å². The maximum atomic E-state index is 12.1. The quantitative estimate of drug-likeness (QED) is 0.849. The SMILES string of the molecule is CN(C(=O)c1cccnc1)c1nn(C)cc1Br. The van der Waals surface area contributed by atoms with Crippen molar-refractivity contribution in [1.82, 2.24) is 14.8 Å². The fraction of sp³-hybridized carbons (Fsp3) is 0.182. The van der Waals surface area contributed by atoms with Gasteiger partial charge in [0, 0.05) is 32.7 Å². The molecule has 0 saturated carbocycles. The Morgan fingerprint density at radius 2 is 2.29 bits per heavy atom. The van der Waals surface area contributed by atoms with Crippen molar-refractivity contribution in [1.29, 1.82) is 0 Å². The molecule has 5 nitrogen and oxygen atoms in total. The van der Waals surface area contributed by atoms with E-state index in [9.17, 15) is 4.79 Å². The predicted molar refractivity (Wildman–Crippen MR) is 67.9 cm³/mol. The lowest BCUT2D eigenvalue weighted by Crippen LogP contribution is -2.27. The van der Waals surface area contributed by atoms with Crippen LogP contribution in [0.2, 0.25) is 0 Å². The van der Waals surface area contributed by atoms with E-state index >= 15 is 0 Å². The molecule has 0 spiro atoms. The summed E-state index contributed by atoms with van der Waals surface area (Å²) in [5.74, 6) is 0.443. The third kappa shape index (κ3) is 2.36. The molecule has 0 aliphatic heterocycles. The van der Waals surface area contributed by atoms with E-state index < -0.39 is 0 Å². The third-order valence-corrected chi connectivity index (χ3v) is 2.86. The van der Waals surface area contributed by atoms with Gasteiger partial charge in [-0.2, -0.15) is 5.10 Å². The number of aromatic nitrogens is 3. The molecule has 0 bridgehead atoms. The average Bonchev–Trinajstić information content (AvgIpc) is 2.68. The van der Waals surface area contributed by atoms with Gasteiger partial charge in [0.2, 0.25) is 0 Å². The van der Waals surface area contributed by atoms with Gasteiger partial charge in [-0.1, -0.05) is 0 Å². The zero-order valence-electron chi connectivity index (χ0n) is 9.46. The summed E-state index contributed by atoms with van der Waals surface area (Å²) in [6.07, 6.45) is 4.96. The van der Waals surface area contributed by atoms with Crippen LogP contribution in [-0.4, -0.2) is 27.7 Å². The Hall–Kier alpha value is -1.69. The highest BCUT2D eigenvalue weighted by molar-refractivity contribution is 9.10. The average molecular weight is 295 g/mol. The molecule has 2 rings (SSSR count). The van der Waals surface area contributed by atoms with Gasteiger partial charge in [0.25, 0.3) is 5.91 Å². The Labute approximate surface area is 107 Å². The van der Waals surface area contributed by atoms with E-state index in [-0.39, 0.29) is 5.91 Å². The minimum Gasteiger partial charge on any atom is -0.293 e. The van der Waals surface area contributed by atoms with Crippen molar-refractivity contribution < 1.29 is 4.79 Å². The van der Waals surface area contributed by atoms with E-state index in [1.807, 2.05) is 0 Å². The summed E-state index contributed by atoms with van der Waals surface area (Å²) in [5.41, 5.74) is 0.535. The van der Waals surface area contributed by atoms with Gasteiger partial charge >= 0.3 is 0 Å². The summed E-state index contributed by atoms with van der Waals surface area (Å²) in [6.45, 7) is 0. The highest BCUT2D eigenvalue weighted by Crippen LogP contribution is 2.23. The molecule has 6 heteroatoms. The lowest BCUT2D eigenvalue weighted by Gasteiger charge is -2.14. The third-order valence-electron chi connectivity index (χ3n) is 2.30. The minimum absolute atomic E-state index is 0.141. The zero-order chi connectivity index (χ0) is 12.4. The molecule has 2 aromatic heterocycles. The highest BCUT2D eigenvalue weighted by atomic mass is 79.9. The molecule has 0 N–H and O–H groups in total. The first-order valence-electron chi connectivity index (χ1n) is 4.97. The summed E-state index contributed by atoms with van der Waals surface area (Å²) in [7, 11) is 3.49. The number of halogens is 1. The minimum atomic E-state index is -0.141. The summed E-state index contributed by atoms with van der Waals surface area (Å²) < 4.78 is 2.42. The second-order valence-corrected chi connectivity index (χ2v) is 4.43. The maximum absolute atomic E-state index is 12.1. The lowest BCUT2D eigenvalue weighted by atomic mass is 10.2. The fourth-order valence-electron chi connectivity index (χ4n) is 1.45. The van der Waals surface area contributed by atoms with E-state index in [2.05, 4.69) is 26.0 Å². The largest absolute Gasteiger partial charge is 0.293 e. The summed E-state index contributed by atoms with van der Waals surface area (Å²) in [6, 6.07) is 3.46. The molecule has 0 radical (unpaired) electrons. The van der Waals surface area contributed by atoms with Crippen molar-refractivity contribution >= 4 is 27.7 Å². The van der Waals surface area contributed by atoms with Gasteiger partial charge in [0.05, 0.1) is 10.0 Å². The molecule has 0 atom stereocenters. The number of rotatable bonds is 2. The van der Waals surface area contributed by atoms with Crippen molar-refractivity contribution in [3.05, 3.63) is 40.8 Å². The molecule has 2 aromatic rings. The van der Waals surface area contributed by atoms with Crippen LogP contribution in [0.3, 0.4) is 0 Å². The molecule has 0 aliphatic rings. The van der Waals surface area contributed by atoms with Gasteiger partial charge in [-0.15, -0.1) is 0 Å². The molecule has 0 fully saturated rings. The van der Waals surface area contributed by atoms with Crippen molar-refractivity contribution in [2.45, 2.75) is 0 Å². The van der Waals surface area contributed by atoms with Crippen LogP contribution in [0.4, 0.5) is 5.82 Å². The summed E-state index contributed by atoms with van der Waals surface area (Å²) >= 11 is 3.37. The van der Waals surface area contributed by atoms with Crippen LogP contribution >= 0.6 is 15.9 Å². The Kier molecular flexibility index (Phi) is 3.23. The normalized spacial score (nSPS) is 10.3. The first-order valence-corrected chi connectivity index (χ1v) is 5.76. The number of hydrogen-bond donors (Lipinski definition) is 0. The van der Waals surface area contributed by atoms with E-state index in [0.717, 1.165) is 4.47 Å². The first kappa shape index (κ1) is 11.8. The molecule has 88 valence electrons. The van der Waals surface area contributed by atoms with Crippen LogP contribution in [0.5, 0.6) is 0 Å². The number of anilines is 1. The molecule has 0 aliphatic carbocycles. The highest BCUT2D eigenvalue weighted by Gasteiger charge is 2.18. The number of aryl methyl sites for hydroxylation is 1. The van der Waals surface area contributed by atoms with Gasteiger partial charge in [0.15, 0.2) is 5.82 Å². The standard InChI is InChI=1S/C11H11BrN4O/c1-15-7-9(12)10(14-15)16(2)11(17)8-4-3-5-13-6-8/h3-7H,1-2H3. The smallest absolute Gasteiger partial charge is 0.260 e. The molecular formula is C11H11BrN4O. The lowest BCUT2D eigenvalue weighted by molar-refractivity contribution is 0.0991. The maximum Gasteiger partial charge on any atom is 0.260 e. The Balaban J connectivity index is 2.30. The molecule has 0 unspecified atom stereocenters. The topological polar surface area (TPSA) is 51.0 Å². The second-order valence-electron chi connectivity index (χ2n) is 3.58. The van der Waals surface area contributed by atoms with Crippen LogP contribution < -0.4 is 4.90 Å². The van der Waals surface area contributed by atoms with Gasteiger partial charge in [-0.25, -0.2) is 0 Å². The van der Waals surface area contributed by atoms with E-state index in [1.165, 1.54) is 11.1 Å². The fourth-order valence-corrected chi connectivity index (χ4v) is 2.10. The number of hydrogen-bond acceptors (Lipinski definition) is 3. The van der Waals surface area contributed by atoms with E-state index in [1.54, 1.807) is 43.3 Å². The molecule has 0 saturated heterocycles. The first-order chi connectivity index (χ1) is 8.09. The van der Waals surface area contributed by atoms with Crippen molar-refractivity contribution in [3.8, 4) is 0 Å². The van der Waals surface area contributed by atoms with Crippen LogP contribution in [0.1, 0.15) is 10.4 Å². The molecule has 1 amide bonds. The summed E-state index contributed by atoms with van der Waals surface area (Å²) in [5, 5.41) is 4.21. The number of carbonyl (C=O) groups excluding carboxylic acids is 1. The van der Waals surface area contributed by atoms with E-state index in [4.69, 9.17) is 0 Å². The van der Waals surface area contributed by atoms with Crippen molar-refractivity contribution in [2.24, 2.45) is 7.05 Å². The van der Waals surface area contributed by atoms with Gasteiger partial charge in [-0.3, -0.25) is 19.4 Å². The monoisotopic (exact) mass is 294 g/mol. The Bertz CT molecular complexity index is 538. The van der Waals surface area contributed by atoms with Crippen LogP contribution in [0.25, 0.3) is 0 Å². The summed E-state index contributed by atoms with van der Waals surface area (Å²) in [4.78, 5) is 17.5. The zero-order valence-corrected chi connectivity index (χ0v) is 11.0. The van der Waals surface area contributed by atoms with Gasteiger partial charge < -0.3 is 0 Å². The number of pyridine rings is 1. The van der Waals surface area contributed by atoms with Crippen molar-refractivity contribution in [2.75, 3.05) is 11.9 Å². The number of amides is 1. The van der Waals surface area contributed by atoms with Gasteiger partial charge in [0.1, 0.15) is 0 Å². The number of nitrogens with zero attached hydrogens (tertiary/aromatic N) is 4. The molecule has 2 heterocycles. The van der Waals surface area contributed by atoms with Crippen LogP contribution in [-0.2, 0) is 7.05 Å². The predicted octanol–water partition coefficient (Wildman–Crippen LogP) is 1.85. The van der Waals surface area contributed by atoms with Crippen LogP contribution in [0, 0.1) is 0 Å². The number of carbonyl (C=O) groups is 1. The molecule has 0 aromatic carbocycles. The molecular weight excluding hydrogens is 284 g/mol. The molecule has 17 heavy (non-hydrogen) atoms. The Morgan fingerprint density at radius 1 is 1.53 bits per heavy atom. The second kappa shape index (κ2) is 4.67. The van der Waals surface area contributed by atoms with Crippen LogP contribution in [0.15, 0.2) is 35.2 Å².